The van der Waals surface area contributed by atoms with Gasteiger partial charge in [-0.05, 0) is 54.5 Å². The molecule has 0 radical (unpaired) electrons. The SMILES string of the molecule is O=C(Cc1ccc(C(F)(F)F)cc1)NC1=CCc2nccc(CC3CC3)c21. The molecule has 2 aliphatic rings. The molecule has 1 saturated carbocycles. The highest BCUT2D eigenvalue weighted by molar-refractivity contribution is 5.90. The number of nitrogens with zero attached hydrogens (tertiary/aromatic N) is 1. The minimum atomic E-state index is -4.37. The summed E-state index contributed by atoms with van der Waals surface area (Å²) in [5.74, 6) is 0.483. The fraction of sp³-hybridized carbons (Fsp3) is 0.333. The Hall–Kier alpha value is -2.63. The molecule has 2 aliphatic carbocycles. The summed E-state index contributed by atoms with van der Waals surface area (Å²) in [4.78, 5) is 16.8. The molecule has 1 aromatic heterocycles. The second kappa shape index (κ2) is 6.83. The van der Waals surface area contributed by atoms with Gasteiger partial charge < -0.3 is 5.32 Å². The van der Waals surface area contributed by atoms with Crippen molar-refractivity contribution in [2.75, 3.05) is 0 Å². The van der Waals surface area contributed by atoms with E-state index in [-0.39, 0.29) is 12.3 Å². The van der Waals surface area contributed by atoms with Crippen molar-refractivity contribution in [3.05, 3.63) is 70.6 Å². The van der Waals surface area contributed by atoms with Crippen LogP contribution in [-0.2, 0) is 30.2 Å². The van der Waals surface area contributed by atoms with E-state index in [4.69, 9.17) is 0 Å². The molecule has 0 saturated heterocycles. The number of pyridine rings is 1. The Kier molecular flexibility index (Phi) is 4.50. The number of nitrogens with one attached hydrogen (secondary N) is 1. The van der Waals surface area contributed by atoms with Crippen LogP contribution in [0, 0.1) is 5.92 Å². The Labute approximate surface area is 155 Å². The van der Waals surface area contributed by atoms with Gasteiger partial charge in [0.15, 0.2) is 0 Å². The summed E-state index contributed by atoms with van der Waals surface area (Å²) in [6, 6.07) is 6.71. The van der Waals surface area contributed by atoms with E-state index < -0.39 is 11.7 Å². The normalized spacial score (nSPS) is 16.0. The average molecular weight is 372 g/mol. The fourth-order valence-electron chi connectivity index (χ4n) is 3.44. The average Bonchev–Trinajstić information content (AvgIpc) is 3.34. The van der Waals surface area contributed by atoms with Crippen LogP contribution in [0.15, 0.2) is 42.6 Å². The van der Waals surface area contributed by atoms with Crippen molar-refractivity contribution < 1.29 is 18.0 Å². The number of benzene rings is 1. The zero-order valence-electron chi connectivity index (χ0n) is 14.6. The number of rotatable bonds is 5. The van der Waals surface area contributed by atoms with Crippen LogP contribution in [0.3, 0.4) is 0 Å². The van der Waals surface area contributed by atoms with Crippen LogP contribution in [-0.4, -0.2) is 10.9 Å². The van der Waals surface area contributed by atoms with E-state index in [9.17, 15) is 18.0 Å². The van der Waals surface area contributed by atoms with Gasteiger partial charge in [-0.15, -0.1) is 0 Å². The first-order chi connectivity index (χ1) is 12.9. The van der Waals surface area contributed by atoms with E-state index in [1.807, 2.05) is 18.3 Å². The lowest BCUT2D eigenvalue weighted by molar-refractivity contribution is -0.137. The number of alkyl halides is 3. The molecule has 27 heavy (non-hydrogen) atoms. The van der Waals surface area contributed by atoms with E-state index in [0.717, 1.165) is 41.4 Å². The van der Waals surface area contributed by atoms with Gasteiger partial charge in [-0.2, -0.15) is 13.2 Å². The van der Waals surface area contributed by atoms with E-state index in [1.165, 1.54) is 30.5 Å². The van der Waals surface area contributed by atoms with Crippen molar-refractivity contribution in [1.29, 1.82) is 0 Å². The number of allylic oxidation sites excluding steroid dienone is 1. The van der Waals surface area contributed by atoms with Crippen LogP contribution < -0.4 is 5.32 Å². The van der Waals surface area contributed by atoms with Gasteiger partial charge in [0.1, 0.15) is 0 Å². The number of amides is 1. The van der Waals surface area contributed by atoms with Gasteiger partial charge in [-0.3, -0.25) is 9.78 Å². The minimum Gasteiger partial charge on any atom is -0.325 e. The van der Waals surface area contributed by atoms with E-state index >= 15 is 0 Å². The standard InChI is InChI=1S/C21H19F3N2O/c22-21(23,24)16-5-3-14(4-6-16)12-19(27)26-18-8-7-17-20(18)15(9-10-25-17)11-13-1-2-13/h3-6,8-10,13H,1-2,7,11-12H2,(H,26,27). The Balaban J connectivity index is 1.44. The molecule has 1 aromatic carbocycles. The molecule has 3 nitrogen and oxygen atoms in total. The number of fused-ring (bicyclic) bond motifs is 1. The monoisotopic (exact) mass is 372 g/mol. The predicted molar refractivity (Wildman–Crippen MR) is 95.6 cm³/mol. The lowest BCUT2D eigenvalue weighted by atomic mass is 10.0. The molecule has 140 valence electrons. The van der Waals surface area contributed by atoms with Crippen LogP contribution in [0.2, 0.25) is 0 Å². The quantitative estimate of drug-likeness (QED) is 0.850. The largest absolute Gasteiger partial charge is 0.416 e. The number of hydrogen-bond acceptors (Lipinski definition) is 2. The first-order valence-electron chi connectivity index (χ1n) is 9.03. The molecule has 2 aromatic rings. The van der Waals surface area contributed by atoms with Gasteiger partial charge >= 0.3 is 6.18 Å². The molecule has 1 N–H and O–H groups in total. The van der Waals surface area contributed by atoms with Gasteiger partial charge in [0.2, 0.25) is 5.91 Å². The smallest absolute Gasteiger partial charge is 0.325 e. The first kappa shape index (κ1) is 17.8. The molecule has 1 fully saturated rings. The van der Waals surface area contributed by atoms with Crippen molar-refractivity contribution in [2.24, 2.45) is 5.92 Å². The summed E-state index contributed by atoms with van der Waals surface area (Å²) >= 11 is 0. The maximum Gasteiger partial charge on any atom is 0.416 e. The Morgan fingerprint density at radius 2 is 1.89 bits per heavy atom. The third-order valence-electron chi connectivity index (χ3n) is 5.01. The molecule has 0 bridgehead atoms. The van der Waals surface area contributed by atoms with Gasteiger partial charge in [0, 0.05) is 23.9 Å². The van der Waals surface area contributed by atoms with Crippen molar-refractivity contribution in [2.45, 2.75) is 38.3 Å². The fourth-order valence-corrected chi connectivity index (χ4v) is 3.44. The minimum absolute atomic E-state index is 0.0308. The maximum atomic E-state index is 12.6. The maximum absolute atomic E-state index is 12.6. The molecule has 0 aliphatic heterocycles. The van der Waals surface area contributed by atoms with Crippen molar-refractivity contribution in [3.8, 4) is 0 Å². The molecule has 4 rings (SSSR count). The zero-order valence-corrected chi connectivity index (χ0v) is 14.6. The van der Waals surface area contributed by atoms with Crippen LogP contribution in [0.4, 0.5) is 13.2 Å². The topological polar surface area (TPSA) is 42.0 Å². The van der Waals surface area contributed by atoms with Crippen LogP contribution in [0.25, 0.3) is 5.70 Å². The van der Waals surface area contributed by atoms with Crippen LogP contribution >= 0.6 is 0 Å². The summed E-state index contributed by atoms with van der Waals surface area (Å²) < 4.78 is 37.9. The first-order valence-corrected chi connectivity index (χ1v) is 9.03. The number of halogens is 3. The molecule has 0 atom stereocenters. The predicted octanol–water partition coefficient (Wildman–Crippen LogP) is 4.31. The van der Waals surface area contributed by atoms with Crippen molar-refractivity contribution in [1.82, 2.24) is 10.3 Å². The van der Waals surface area contributed by atoms with E-state index in [1.54, 1.807) is 0 Å². The Morgan fingerprint density at radius 3 is 2.56 bits per heavy atom. The second-order valence-electron chi connectivity index (χ2n) is 7.18. The molecule has 1 heterocycles. The second-order valence-corrected chi connectivity index (χ2v) is 7.18. The van der Waals surface area contributed by atoms with Gasteiger partial charge in [-0.25, -0.2) is 0 Å². The molecule has 0 unspecified atom stereocenters. The summed E-state index contributed by atoms with van der Waals surface area (Å²) in [7, 11) is 0. The molecule has 6 heteroatoms. The van der Waals surface area contributed by atoms with E-state index in [2.05, 4.69) is 10.3 Å². The lowest BCUT2D eigenvalue weighted by Crippen LogP contribution is -2.24. The summed E-state index contributed by atoms with van der Waals surface area (Å²) in [6.45, 7) is 0. The molecule has 0 spiro atoms. The summed E-state index contributed by atoms with van der Waals surface area (Å²) in [5, 5.41) is 2.92. The highest BCUT2D eigenvalue weighted by Crippen LogP contribution is 2.36. The summed E-state index contributed by atoms with van der Waals surface area (Å²) in [6.07, 6.45) is 3.61. The third kappa shape index (κ3) is 4.04. The number of carbonyl (C=O) groups excluding carboxylic acids is 1. The molecular weight excluding hydrogens is 353 g/mol. The molecular formula is C21H19F3N2O. The summed E-state index contributed by atoms with van der Waals surface area (Å²) in [5.41, 5.74) is 3.80. The van der Waals surface area contributed by atoms with Crippen LogP contribution in [0.1, 0.15) is 40.8 Å². The third-order valence-corrected chi connectivity index (χ3v) is 5.01. The highest BCUT2D eigenvalue weighted by atomic mass is 19.4. The highest BCUT2D eigenvalue weighted by Gasteiger charge is 2.30. The number of carbonyl (C=O) groups is 1. The van der Waals surface area contributed by atoms with Crippen molar-refractivity contribution >= 4 is 11.6 Å². The molecule has 1 amide bonds. The van der Waals surface area contributed by atoms with Gasteiger partial charge in [0.05, 0.1) is 17.7 Å². The Morgan fingerprint density at radius 1 is 1.15 bits per heavy atom. The number of aromatic nitrogens is 1. The number of hydrogen-bond donors (Lipinski definition) is 1. The van der Waals surface area contributed by atoms with Crippen molar-refractivity contribution in [3.63, 3.8) is 0 Å². The van der Waals surface area contributed by atoms with E-state index in [0.29, 0.717) is 12.0 Å². The van der Waals surface area contributed by atoms with Gasteiger partial charge in [0.25, 0.3) is 0 Å². The van der Waals surface area contributed by atoms with Crippen LogP contribution in [0.5, 0.6) is 0 Å². The zero-order chi connectivity index (χ0) is 19.0. The Bertz CT molecular complexity index is 897. The lowest BCUT2D eigenvalue weighted by Gasteiger charge is -2.13. The van der Waals surface area contributed by atoms with Gasteiger partial charge in [-0.1, -0.05) is 18.2 Å².